The average Bonchev–Trinajstić information content (AvgIpc) is 3.28. The first-order valence-corrected chi connectivity index (χ1v) is 10.0. The lowest BCUT2D eigenvalue weighted by Gasteiger charge is -2.33. The molecule has 0 spiro atoms. The number of carbonyl (C=O) groups is 1. The van der Waals surface area contributed by atoms with Gasteiger partial charge in [0.1, 0.15) is 11.6 Å². The summed E-state index contributed by atoms with van der Waals surface area (Å²) < 4.78 is 5.15. The minimum Gasteiger partial charge on any atom is -0.481 e. The van der Waals surface area contributed by atoms with Crippen LogP contribution in [0.25, 0.3) is 0 Å². The molecule has 0 radical (unpaired) electrons. The van der Waals surface area contributed by atoms with E-state index in [1.165, 1.54) is 12.8 Å². The minimum atomic E-state index is 0.0240. The molecule has 28 heavy (non-hydrogen) atoms. The summed E-state index contributed by atoms with van der Waals surface area (Å²) in [4.78, 5) is 30.7. The Kier molecular flexibility index (Phi) is 5.41. The fourth-order valence-corrected chi connectivity index (χ4v) is 4.13. The monoisotopic (exact) mass is 381 g/mol. The molecule has 1 atom stereocenters. The predicted octanol–water partition coefficient (Wildman–Crippen LogP) is 2.81. The van der Waals surface area contributed by atoms with Crippen molar-refractivity contribution < 1.29 is 9.53 Å². The van der Waals surface area contributed by atoms with E-state index in [9.17, 15) is 4.79 Å². The van der Waals surface area contributed by atoms with Crippen molar-refractivity contribution in [2.24, 2.45) is 0 Å². The maximum Gasteiger partial charge on any atom is 0.254 e. The van der Waals surface area contributed by atoms with Crippen molar-refractivity contribution in [1.82, 2.24) is 19.9 Å². The zero-order valence-corrected chi connectivity index (χ0v) is 16.6. The highest BCUT2D eigenvalue weighted by Crippen LogP contribution is 2.29. The summed E-state index contributed by atoms with van der Waals surface area (Å²) in [6.07, 6.45) is 6.07. The van der Waals surface area contributed by atoms with Crippen molar-refractivity contribution in [3.05, 3.63) is 41.5 Å². The van der Waals surface area contributed by atoms with Gasteiger partial charge in [-0.2, -0.15) is 0 Å². The van der Waals surface area contributed by atoms with Crippen molar-refractivity contribution in [1.29, 1.82) is 0 Å². The van der Waals surface area contributed by atoms with Crippen molar-refractivity contribution in [2.75, 3.05) is 38.2 Å². The molecule has 0 N–H and O–H groups in total. The number of carbonyl (C=O) groups excluding carboxylic acids is 1. The van der Waals surface area contributed by atoms with Gasteiger partial charge in [0.05, 0.1) is 12.8 Å². The smallest absolute Gasteiger partial charge is 0.254 e. The number of piperidine rings is 1. The van der Waals surface area contributed by atoms with E-state index in [0.29, 0.717) is 18.0 Å². The van der Waals surface area contributed by atoms with E-state index in [1.807, 2.05) is 11.8 Å². The zero-order valence-electron chi connectivity index (χ0n) is 16.6. The Morgan fingerprint density at radius 2 is 1.96 bits per heavy atom. The van der Waals surface area contributed by atoms with E-state index in [1.54, 1.807) is 25.4 Å². The highest BCUT2D eigenvalue weighted by atomic mass is 16.5. The molecule has 0 bridgehead atoms. The average molecular weight is 381 g/mol. The molecule has 2 aliphatic heterocycles. The number of nitrogens with zero attached hydrogens (tertiary/aromatic N) is 5. The van der Waals surface area contributed by atoms with Gasteiger partial charge in [-0.25, -0.2) is 15.0 Å². The van der Waals surface area contributed by atoms with Gasteiger partial charge in [0.15, 0.2) is 0 Å². The standard InChI is InChI=1S/C21H27N5O2/c1-15-23-18(13-19(24-15)25-9-3-4-10-25)17-6-5-11-26(14-17)21(27)16-7-8-22-20(12-16)28-2/h7-8,12-13,17H,3-6,9-11,14H2,1-2H3. The number of hydrogen-bond acceptors (Lipinski definition) is 6. The number of ether oxygens (including phenoxy) is 1. The summed E-state index contributed by atoms with van der Waals surface area (Å²) in [6, 6.07) is 5.58. The first kappa shape index (κ1) is 18.7. The normalized spacial score (nSPS) is 19.7. The Hall–Kier alpha value is -2.70. The van der Waals surface area contributed by atoms with E-state index >= 15 is 0 Å². The van der Waals surface area contributed by atoms with Gasteiger partial charge in [0.25, 0.3) is 5.91 Å². The van der Waals surface area contributed by atoms with Crippen LogP contribution in [0.2, 0.25) is 0 Å². The van der Waals surface area contributed by atoms with Crippen LogP contribution in [0.5, 0.6) is 5.88 Å². The van der Waals surface area contributed by atoms with Crippen molar-refractivity contribution in [2.45, 2.75) is 38.5 Å². The summed E-state index contributed by atoms with van der Waals surface area (Å²) in [5, 5.41) is 0. The fourth-order valence-electron chi connectivity index (χ4n) is 4.13. The Labute approximate surface area is 165 Å². The highest BCUT2D eigenvalue weighted by Gasteiger charge is 2.28. The molecule has 2 aromatic heterocycles. The number of methoxy groups -OCH3 is 1. The Balaban J connectivity index is 1.52. The lowest BCUT2D eigenvalue weighted by atomic mass is 9.94. The third-order valence-electron chi connectivity index (χ3n) is 5.59. The summed E-state index contributed by atoms with van der Waals surface area (Å²) in [7, 11) is 1.56. The number of anilines is 1. The molecule has 0 saturated carbocycles. The molecule has 7 heteroatoms. The maximum atomic E-state index is 13.0. The van der Waals surface area contributed by atoms with Crippen LogP contribution >= 0.6 is 0 Å². The third-order valence-corrected chi connectivity index (χ3v) is 5.59. The molecule has 1 unspecified atom stereocenters. The van der Waals surface area contributed by atoms with E-state index < -0.39 is 0 Å². The molecule has 7 nitrogen and oxygen atoms in total. The van der Waals surface area contributed by atoms with Gasteiger partial charge in [-0.1, -0.05) is 0 Å². The fraction of sp³-hybridized carbons (Fsp3) is 0.524. The van der Waals surface area contributed by atoms with Crippen LogP contribution in [0.1, 0.15) is 53.5 Å². The van der Waals surface area contributed by atoms with E-state index in [0.717, 1.165) is 49.8 Å². The van der Waals surface area contributed by atoms with E-state index in [2.05, 4.69) is 20.9 Å². The molecule has 2 fully saturated rings. The van der Waals surface area contributed by atoms with Crippen molar-refractivity contribution >= 4 is 11.7 Å². The van der Waals surface area contributed by atoms with Crippen LogP contribution in [0, 0.1) is 6.92 Å². The molecule has 4 rings (SSSR count). The number of pyridine rings is 1. The summed E-state index contributed by atoms with van der Waals surface area (Å²) in [5.41, 5.74) is 1.67. The van der Waals surface area contributed by atoms with Gasteiger partial charge in [0, 0.05) is 56.0 Å². The molecular formula is C21H27N5O2. The minimum absolute atomic E-state index is 0.0240. The topological polar surface area (TPSA) is 71.5 Å². The Bertz CT molecular complexity index is 850. The molecule has 2 aromatic rings. The summed E-state index contributed by atoms with van der Waals surface area (Å²) in [5.74, 6) is 2.56. The van der Waals surface area contributed by atoms with Crippen LogP contribution in [0.3, 0.4) is 0 Å². The number of aromatic nitrogens is 3. The molecule has 148 valence electrons. The van der Waals surface area contributed by atoms with Gasteiger partial charge in [0.2, 0.25) is 5.88 Å². The van der Waals surface area contributed by atoms with Gasteiger partial charge < -0.3 is 14.5 Å². The Morgan fingerprint density at radius 3 is 2.75 bits per heavy atom. The van der Waals surface area contributed by atoms with Gasteiger partial charge in [-0.05, 0) is 38.7 Å². The molecule has 2 aliphatic rings. The Morgan fingerprint density at radius 1 is 1.14 bits per heavy atom. The van der Waals surface area contributed by atoms with Crippen LogP contribution in [0.4, 0.5) is 5.82 Å². The lowest BCUT2D eigenvalue weighted by molar-refractivity contribution is 0.0705. The molecule has 0 aliphatic carbocycles. The van der Waals surface area contributed by atoms with Crippen LogP contribution in [0.15, 0.2) is 24.4 Å². The second-order valence-corrected chi connectivity index (χ2v) is 7.57. The number of rotatable bonds is 4. The molecule has 4 heterocycles. The van der Waals surface area contributed by atoms with Gasteiger partial charge >= 0.3 is 0 Å². The van der Waals surface area contributed by atoms with Crippen molar-refractivity contribution in [3.63, 3.8) is 0 Å². The molecular weight excluding hydrogens is 354 g/mol. The first-order chi connectivity index (χ1) is 13.6. The first-order valence-electron chi connectivity index (χ1n) is 10.0. The summed E-state index contributed by atoms with van der Waals surface area (Å²) >= 11 is 0. The third kappa shape index (κ3) is 3.93. The number of aryl methyl sites for hydroxylation is 1. The van der Waals surface area contributed by atoms with Gasteiger partial charge in [-0.3, -0.25) is 4.79 Å². The maximum absolute atomic E-state index is 13.0. The number of likely N-dealkylation sites (tertiary alicyclic amines) is 1. The summed E-state index contributed by atoms with van der Waals surface area (Å²) in [6.45, 7) is 5.53. The van der Waals surface area contributed by atoms with Crippen LogP contribution < -0.4 is 9.64 Å². The molecule has 2 saturated heterocycles. The quantitative estimate of drug-likeness (QED) is 0.811. The number of amides is 1. The highest BCUT2D eigenvalue weighted by molar-refractivity contribution is 5.94. The van der Waals surface area contributed by atoms with Crippen LogP contribution in [-0.2, 0) is 0 Å². The second-order valence-electron chi connectivity index (χ2n) is 7.57. The molecule has 1 amide bonds. The predicted molar refractivity (Wildman–Crippen MR) is 107 cm³/mol. The second kappa shape index (κ2) is 8.12. The SMILES string of the molecule is COc1cc(C(=O)N2CCCC(c3cc(N4CCCC4)nc(C)n3)C2)ccn1. The largest absolute Gasteiger partial charge is 0.481 e. The van der Waals surface area contributed by atoms with Gasteiger partial charge in [-0.15, -0.1) is 0 Å². The molecule has 0 aromatic carbocycles. The van der Waals surface area contributed by atoms with E-state index in [-0.39, 0.29) is 11.8 Å². The van der Waals surface area contributed by atoms with Crippen LogP contribution in [-0.4, -0.2) is 59.0 Å². The number of hydrogen-bond donors (Lipinski definition) is 0. The van der Waals surface area contributed by atoms with E-state index in [4.69, 9.17) is 9.72 Å². The van der Waals surface area contributed by atoms with Crippen molar-refractivity contribution in [3.8, 4) is 5.88 Å². The zero-order chi connectivity index (χ0) is 19.5. The lowest BCUT2D eigenvalue weighted by Crippen LogP contribution is -2.39.